The van der Waals surface area contributed by atoms with Gasteiger partial charge >= 0.3 is 0 Å². The third-order valence-corrected chi connectivity index (χ3v) is 2.80. The molecule has 1 heterocycles. The van der Waals surface area contributed by atoms with Crippen molar-refractivity contribution in [1.29, 1.82) is 0 Å². The number of aromatic nitrogens is 1. The Labute approximate surface area is 78.7 Å². The van der Waals surface area contributed by atoms with Crippen LogP contribution in [0.25, 0.3) is 0 Å². The van der Waals surface area contributed by atoms with E-state index in [9.17, 15) is 0 Å². The van der Waals surface area contributed by atoms with E-state index < -0.39 is 0 Å². The van der Waals surface area contributed by atoms with Crippen molar-refractivity contribution in [1.82, 2.24) is 4.98 Å². The summed E-state index contributed by atoms with van der Waals surface area (Å²) in [6.07, 6.45) is 3.91. The summed E-state index contributed by atoms with van der Waals surface area (Å²) < 4.78 is 6.04. The molecule has 0 fully saturated rings. The molecule has 0 bridgehead atoms. The first-order valence-electron chi connectivity index (χ1n) is 3.42. The van der Waals surface area contributed by atoms with Gasteiger partial charge in [-0.2, -0.15) is 0 Å². The van der Waals surface area contributed by atoms with E-state index in [0.717, 1.165) is 23.2 Å². The van der Waals surface area contributed by atoms with E-state index in [1.807, 2.05) is 6.20 Å². The molecule has 11 heavy (non-hydrogen) atoms. The molecule has 0 aromatic carbocycles. The molecule has 0 unspecified atom stereocenters. The zero-order valence-corrected chi connectivity index (χ0v) is 8.74. The molecule has 62 valence electrons. The third-order valence-electron chi connectivity index (χ3n) is 1.26. The zero-order chi connectivity index (χ0) is 8.10. The van der Waals surface area contributed by atoms with Gasteiger partial charge in [0.2, 0.25) is 0 Å². The number of methoxy groups -OCH3 is 1. The van der Waals surface area contributed by atoms with Crippen molar-refractivity contribution in [2.75, 3.05) is 13.7 Å². The second-order valence-corrected chi connectivity index (χ2v) is 4.65. The summed E-state index contributed by atoms with van der Waals surface area (Å²) in [5, 5.41) is 1.17. The summed E-state index contributed by atoms with van der Waals surface area (Å²) >= 11 is 5.05. The van der Waals surface area contributed by atoms with Crippen molar-refractivity contribution < 1.29 is 4.74 Å². The second kappa shape index (κ2) is 4.85. The van der Waals surface area contributed by atoms with Crippen LogP contribution in [0.4, 0.5) is 0 Å². The molecule has 0 atom stereocenters. The molecule has 0 saturated heterocycles. The Morgan fingerprint density at radius 2 is 2.55 bits per heavy atom. The Kier molecular flexibility index (Phi) is 4.04. The maximum absolute atomic E-state index is 4.94. The van der Waals surface area contributed by atoms with Crippen molar-refractivity contribution >= 4 is 27.3 Å². The van der Waals surface area contributed by atoms with Gasteiger partial charge < -0.3 is 4.74 Å². The summed E-state index contributed by atoms with van der Waals surface area (Å²) in [4.78, 5) is 4.20. The van der Waals surface area contributed by atoms with Crippen LogP contribution in [-0.4, -0.2) is 18.7 Å². The number of ether oxygens (including phenoxy) is 1. The highest BCUT2D eigenvalue weighted by atomic mass is 79.9. The minimum absolute atomic E-state index is 0.817. The minimum Gasteiger partial charge on any atom is -0.385 e. The highest BCUT2D eigenvalue weighted by molar-refractivity contribution is 9.11. The molecule has 0 aliphatic carbocycles. The summed E-state index contributed by atoms with van der Waals surface area (Å²) in [7, 11) is 1.72. The van der Waals surface area contributed by atoms with E-state index in [1.165, 1.54) is 5.01 Å². The number of nitrogens with zero attached hydrogens (tertiary/aromatic N) is 1. The second-order valence-electron chi connectivity index (χ2n) is 2.15. The fraction of sp³-hybridized carbons (Fsp3) is 0.571. The summed E-state index contributed by atoms with van der Waals surface area (Å²) in [5.74, 6) is 0. The van der Waals surface area contributed by atoms with Crippen LogP contribution in [0.5, 0.6) is 0 Å². The Morgan fingerprint density at radius 1 is 1.73 bits per heavy atom. The van der Waals surface area contributed by atoms with E-state index in [1.54, 1.807) is 18.4 Å². The van der Waals surface area contributed by atoms with E-state index in [-0.39, 0.29) is 0 Å². The largest absolute Gasteiger partial charge is 0.385 e. The number of halogens is 1. The molecule has 0 aliphatic heterocycles. The highest BCUT2D eigenvalue weighted by Crippen LogP contribution is 2.19. The van der Waals surface area contributed by atoms with Gasteiger partial charge in [-0.3, -0.25) is 0 Å². The average Bonchev–Trinajstić information content (AvgIpc) is 2.37. The van der Waals surface area contributed by atoms with Gasteiger partial charge in [-0.15, -0.1) is 11.3 Å². The molecule has 0 N–H and O–H groups in total. The van der Waals surface area contributed by atoms with Crippen molar-refractivity contribution in [3.8, 4) is 0 Å². The fourth-order valence-corrected chi connectivity index (χ4v) is 2.12. The van der Waals surface area contributed by atoms with Gasteiger partial charge in [0.05, 0.1) is 15.0 Å². The Morgan fingerprint density at radius 3 is 3.09 bits per heavy atom. The molecule has 2 nitrogen and oxygen atoms in total. The van der Waals surface area contributed by atoms with E-state index in [4.69, 9.17) is 4.74 Å². The number of rotatable bonds is 4. The van der Waals surface area contributed by atoms with Gasteiger partial charge in [-0.05, 0) is 22.4 Å². The van der Waals surface area contributed by atoms with E-state index >= 15 is 0 Å². The topological polar surface area (TPSA) is 22.1 Å². The summed E-state index contributed by atoms with van der Waals surface area (Å²) in [5.41, 5.74) is 0. The summed E-state index contributed by atoms with van der Waals surface area (Å²) in [6.45, 7) is 0.817. The molecular formula is C7H10BrNOS. The number of aryl methyl sites for hydroxylation is 1. The normalized spacial score (nSPS) is 10.4. The maximum Gasteiger partial charge on any atom is 0.0937 e. The molecule has 4 heteroatoms. The predicted molar refractivity (Wildman–Crippen MR) is 50.0 cm³/mol. The van der Waals surface area contributed by atoms with Gasteiger partial charge in [0, 0.05) is 20.1 Å². The Balaban J connectivity index is 2.27. The van der Waals surface area contributed by atoms with Crippen LogP contribution in [0.3, 0.4) is 0 Å². The van der Waals surface area contributed by atoms with E-state index in [2.05, 4.69) is 20.9 Å². The average molecular weight is 236 g/mol. The number of thiazole rings is 1. The fourth-order valence-electron chi connectivity index (χ4n) is 0.771. The lowest BCUT2D eigenvalue weighted by Gasteiger charge is -1.94. The maximum atomic E-state index is 4.94. The van der Waals surface area contributed by atoms with Crippen LogP contribution < -0.4 is 0 Å². The van der Waals surface area contributed by atoms with Crippen molar-refractivity contribution in [2.45, 2.75) is 12.8 Å². The van der Waals surface area contributed by atoms with Gasteiger partial charge in [0.15, 0.2) is 0 Å². The summed E-state index contributed by atoms with van der Waals surface area (Å²) in [6, 6.07) is 0. The SMILES string of the molecule is COCCCc1ncc(Br)s1. The monoisotopic (exact) mass is 235 g/mol. The van der Waals surface area contributed by atoms with Crippen molar-refractivity contribution in [3.63, 3.8) is 0 Å². The molecule has 1 aromatic heterocycles. The van der Waals surface area contributed by atoms with Crippen molar-refractivity contribution in [2.24, 2.45) is 0 Å². The first-order chi connectivity index (χ1) is 5.33. The zero-order valence-electron chi connectivity index (χ0n) is 6.34. The first-order valence-corrected chi connectivity index (χ1v) is 5.03. The third kappa shape index (κ3) is 3.31. The quantitative estimate of drug-likeness (QED) is 0.749. The molecule has 0 saturated carbocycles. The van der Waals surface area contributed by atoms with Crippen LogP contribution in [0, 0.1) is 0 Å². The van der Waals surface area contributed by atoms with Crippen LogP contribution in [0.15, 0.2) is 9.98 Å². The lowest BCUT2D eigenvalue weighted by Crippen LogP contribution is -1.91. The Bertz CT molecular complexity index is 214. The number of hydrogen-bond acceptors (Lipinski definition) is 3. The smallest absolute Gasteiger partial charge is 0.0937 e. The lowest BCUT2D eigenvalue weighted by atomic mass is 10.3. The predicted octanol–water partition coefficient (Wildman–Crippen LogP) is 2.48. The Hall–Kier alpha value is 0.0700. The molecule has 1 rings (SSSR count). The van der Waals surface area contributed by atoms with Gasteiger partial charge in [0.1, 0.15) is 0 Å². The van der Waals surface area contributed by atoms with Crippen LogP contribution in [0.1, 0.15) is 11.4 Å². The van der Waals surface area contributed by atoms with Crippen LogP contribution in [0.2, 0.25) is 0 Å². The molecule has 0 spiro atoms. The van der Waals surface area contributed by atoms with Gasteiger partial charge in [-0.25, -0.2) is 4.98 Å². The number of hydrogen-bond donors (Lipinski definition) is 0. The first kappa shape index (κ1) is 9.16. The van der Waals surface area contributed by atoms with Gasteiger partial charge in [0.25, 0.3) is 0 Å². The van der Waals surface area contributed by atoms with Crippen LogP contribution in [-0.2, 0) is 11.2 Å². The van der Waals surface area contributed by atoms with Gasteiger partial charge in [-0.1, -0.05) is 0 Å². The van der Waals surface area contributed by atoms with Crippen molar-refractivity contribution in [3.05, 3.63) is 15.0 Å². The molecule has 0 amide bonds. The van der Waals surface area contributed by atoms with E-state index in [0.29, 0.717) is 0 Å². The standard InChI is InChI=1S/C7H10BrNOS/c1-10-4-2-3-7-9-5-6(8)11-7/h5H,2-4H2,1H3. The minimum atomic E-state index is 0.817. The van der Waals surface area contributed by atoms with Crippen LogP contribution >= 0.6 is 27.3 Å². The molecule has 1 aromatic rings. The molecule has 0 radical (unpaired) electrons. The highest BCUT2D eigenvalue weighted by Gasteiger charge is 1.97. The molecular weight excluding hydrogens is 226 g/mol. The molecule has 0 aliphatic rings. The lowest BCUT2D eigenvalue weighted by molar-refractivity contribution is 0.195.